The molecule has 1 heterocycles. The SMILES string of the molecule is COC(=O)[C@@H](NC(=O)CC1(c2ccc(OC)cc2)CC(=O)N(C2CCCC2)C1=O)c1ccccc1. The zero-order chi connectivity index (χ0) is 25.0. The van der Waals surface area contributed by atoms with E-state index in [9.17, 15) is 19.2 Å². The molecule has 0 bridgehead atoms. The fourth-order valence-electron chi connectivity index (χ4n) is 5.20. The standard InChI is InChI=1S/C27H30N2O6/c1-34-21-14-12-19(13-15-21)27(17-23(31)29(26(27)33)20-10-6-7-11-20)16-22(30)28-24(25(32)35-2)18-8-4-3-5-9-18/h3-5,8-9,12-15,20,24H,6-7,10-11,16-17H2,1-2H3,(H,28,30)/t24-,27?/m0/s1. The minimum absolute atomic E-state index is 0.101. The van der Waals surface area contributed by atoms with E-state index in [0.717, 1.165) is 25.7 Å². The van der Waals surface area contributed by atoms with Crippen molar-refractivity contribution in [1.82, 2.24) is 10.2 Å². The van der Waals surface area contributed by atoms with Crippen LogP contribution in [-0.4, -0.2) is 48.9 Å². The van der Waals surface area contributed by atoms with Crippen LogP contribution in [0.4, 0.5) is 0 Å². The van der Waals surface area contributed by atoms with Crippen LogP contribution in [0.2, 0.25) is 0 Å². The Hall–Kier alpha value is -3.68. The van der Waals surface area contributed by atoms with Gasteiger partial charge in [-0.15, -0.1) is 0 Å². The number of nitrogens with zero attached hydrogens (tertiary/aromatic N) is 1. The van der Waals surface area contributed by atoms with Gasteiger partial charge in [0, 0.05) is 18.9 Å². The van der Waals surface area contributed by atoms with E-state index in [0.29, 0.717) is 16.9 Å². The Morgan fingerprint density at radius 2 is 1.69 bits per heavy atom. The fraction of sp³-hybridized carbons (Fsp3) is 0.407. The molecule has 1 aliphatic carbocycles. The monoisotopic (exact) mass is 478 g/mol. The highest BCUT2D eigenvalue weighted by Gasteiger charge is 2.55. The number of carbonyl (C=O) groups is 4. The summed E-state index contributed by atoms with van der Waals surface area (Å²) in [5, 5.41) is 2.73. The first-order valence-corrected chi connectivity index (χ1v) is 11.8. The maximum atomic E-state index is 13.9. The second-order valence-electron chi connectivity index (χ2n) is 9.11. The summed E-state index contributed by atoms with van der Waals surface area (Å²) in [4.78, 5) is 54.2. The Labute approximate surface area is 204 Å². The van der Waals surface area contributed by atoms with Gasteiger partial charge >= 0.3 is 5.97 Å². The van der Waals surface area contributed by atoms with Crippen molar-refractivity contribution in [3.8, 4) is 5.75 Å². The van der Waals surface area contributed by atoms with Gasteiger partial charge in [0.1, 0.15) is 5.75 Å². The van der Waals surface area contributed by atoms with Crippen molar-refractivity contribution in [2.75, 3.05) is 14.2 Å². The largest absolute Gasteiger partial charge is 0.497 e. The van der Waals surface area contributed by atoms with Crippen molar-refractivity contribution >= 4 is 23.7 Å². The van der Waals surface area contributed by atoms with Crippen LogP contribution in [0.1, 0.15) is 55.7 Å². The van der Waals surface area contributed by atoms with Gasteiger partial charge < -0.3 is 14.8 Å². The minimum atomic E-state index is -1.35. The Balaban J connectivity index is 1.66. The highest BCUT2D eigenvalue weighted by atomic mass is 16.5. The van der Waals surface area contributed by atoms with Crippen LogP contribution in [0, 0.1) is 0 Å². The lowest BCUT2D eigenvalue weighted by Gasteiger charge is -2.29. The molecule has 184 valence electrons. The summed E-state index contributed by atoms with van der Waals surface area (Å²) >= 11 is 0. The number of carbonyl (C=O) groups excluding carboxylic acids is 4. The van der Waals surface area contributed by atoms with Crippen molar-refractivity contribution in [2.24, 2.45) is 0 Å². The molecule has 1 saturated carbocycles. The second-order valence-corrected chi connectivity index (χ2v) is 9.11. The number of benzene rings is 2. The van der Waals surface area contributed by atoms with Gasteiger partial charge in [0.2, 0.25) is 17.7 Å². The predicted molar refractivity (Wildman–Crippen MR) is 127 cm³/mol. The average molecular weight is 479 g/mol. The maximum absolute atomic E-state index is 13.9. The van der Waals surface area contributed by atoms with E-state index in [1.165, 1.54) is 12.0 Å². The van der Waals surface area contributed by atoms with Crippen LogP contribution in [0.5, 0.6) is 5.75 Å². The van der Waals surface area contributed by atoms with Crippen LogP contribution in [-0.2, 0) is 29.3 Å². The molecule has 2 fully saturated rings. The molecule has 3 amide bonds. The van der Waals surface area contributed by atoms with Gasteiger partial charge in [-0.05, 0) is 36.1 Å². The topological polar surface area (TPSA) is 102 Å². The molecule has 8 heteroatoms. The van der Waals surface area contributed by atoms with E-state index in [1.807, 2.05) is 0 Å². The third kappa shape index (κ3) is 4.78. The molecule has 1 aliphatic heterocycles. The van der Waals surface area contributed by atoms with Crippen molar-refractivity contribution in [2.45, 2.75) is 56.0 Å². The zero-order valence-electron chi connectivity index (χ0n) is 20.0. The average Bonchev–Trinajstić information content (AvgIpc) is 3.49. The van der Waals surface area contributed by atoms with E-state index in [-0.39, 0.29) is 30.7 Å². The van der Waals surface area contributed by atoms with Crippen LogP contribution in [0.3, 0.4) is 0 Å². The molecule has 1 unspecified atom stereocenters. The Kier molecular flexibility index (Phi) is 7.19. The van der Waals surface area contributed by atoms with E-state index in [2.05, 4.69) is 5.32 Å². The van der Waals surface area contributed by atoms with Crippen molar-refractivity contribution in [3.05, 3.63) is 65.7 Å². The van der Waals surface area contributed by atoms with Crippen molar-refractivity contribution < 1.29 is 28.7 Å². The quantitative estimate of drug-likeness (QED) is 0.462. The predicted octanol–water partition coefficient (Wildman–Crippen LogP) is 3.06. The highest BCUT2D eigenvalue weighted by Crippen LogP contribution is 2.43. The smallest absolute Gasteiger partial charge is 0.333 e. The molecule has 2 aliphatic rings. The number of likely N-dealkylation sites (tertiary alicyclic amines) is 1. The molecule has 0 radical (unpaired) electrons. The first kappa shape index (κ1) is 24.4. The minimum Gasteiger partial charge on any atom is -0.497 e. The van der Waals surface area contributed by atoms with Crippen LogP contribution in [0.15, 0.2) is 54.6 Å². The molecule has 2 aromatic carbocycles. The molecule has 1 N–H and O–H groups in total. The van der Waals surface area contributed by atoms with E-state index in [4.69, 9.17) is 9.47 Å². The zero-order valence-corrected chi connectivity index (χ0v) is 20.0. The van der Waals surface area contributed by atoms with E-state index in [1.54, 1.807) is 61.7 Å². The number of ether oxygens (including phenoxy) is 2. The molecule has 4 rings (SSSR count). The number of imide groups is 1. The summed E-state index contributed by atoms with van der Waals surface area (Å²) in [6.45, 7) is 0. The van der Waals surface area contributed by atoms with Gasteiger partial charge in [-0.1, -0.05) is 55.3 Å². The van der Waals surface area contributed by atoms with E-state index < -0.39 is 23.3 Å². The van der Waals surface area contributed by atoms with Gasteiger partial charge in [0.05, 0.1) is 19.6 Å². The summed E-state index contributed by atoms with van der Waals surface area (Å²) < 4.78 is 10.1. The van der Waals surface area contributed by atoms with Crippen molar-refractivity contribution in [1.29, 1.82) is 0 Å². The van der Waals surface area contributed by atoms with Gasteiger partial charge in [-0.2, -0.15) is 0 Å². The number of nitrogens with one attached hydrogen (secondary N) is 1. The van der Waals surface area contributed by atoms with Crippen LogP contribution in [0.25, 0.3) is 0 Å². The van der Waals surface area contributed by atoms with Crippen LogP contribution >= 0.6 is 0 Å². The molecule has 2 atom stereocenters. The first-order chi connectivity index (χ1) is 16.9. The number of methoxy groups -OCH3 is 2. The molecular weight excluding hydrogens is 448 g/mol. The maximum Gasteiger partial charge on any atom is 0.333 e. The van der Waals surface area contributed by atoms with Crippen LogP contribution < -0.4 is 10.1 Å². The first-order valence-electron chi connectivity index (χ1n) is 11.8. The Bertz CT molecular complexity index is 1090. The Morgan fingerprint density at radius 3 is 2.29 bits per heavy atom. The molecule has 2 aromatic rings. The normalized spacial score (nSPS) is 21.1. The second kappa shape index (κ2) is 10.3. The summed E-state index contributed by atoms with van der Waals surface area (Å²) in [5.41, 5.74) is -0.220. The fourth-order valence-corrected chi connectivity index (χ4v) is 5.20. The molecule has 35 heavy (non-hydrogen) atoms. The summed E-state index contributed by atoms with van der Waals surface area (Å²) in [6, 6.07) is 14.5. The lowest BCUT2D eigenvalue weighted by atomic mass is 9.75. The molecular formula is C27H30N2O6. The third-order valence-electron chi connectivity index (χ3n) is 7.02. The lowest BCUT2D eigenvalue weighted by Crippen LogP contribution is -2.46. The number of esters is 1. The number of hydrogen-bond donors (Lipinski definition) is 1. The van der Waals surface area contributed by atoms with Gasteiger partial charge in [-0.3, -0.25) is 19.3 Å². The van der Waals surface area contributed by atoms with Gasteiger partial charge in [0.25, 0.3) is 0 Å². The lowest BCUT2D eigenvalue weighted by molar-refractivity contribution is -0.145. The molecule has 1 saturated heterocycles. The Morgan fingerprint density at radius 1 is 1.03 bits per heavy atom. The summed E-state index contributed by atoms with van der Waals surface area (Å²) in [5.74, 6) is -1.16. The van der Waals surface area contributed by atoms with Gasteiger partial charge in [0.15, 0.2) is 6.04 Å². The summed E-state index contributed by atoms with van der Waals surface area (Å²) in [6.07, 6.45) is 3.12. The molecule has 8 nitrogen and oxygen atoms in total. The number of hydrogen-bond acceptors (Lipinski definition) is 6. The van der Waals surface area contributed by atoms with E-state index >= 15 is 0 Å². The molecule has 0 aromatic heterocycles. The third-order valence-corrected chi connectivity index (χ3v) is 7.02. The summed E-state index contributed by atoms with van der Waals surface area (Å²) in [7, 11) is 2.79. The number of rotatable bonds is 8. The molecule has 0 spiro atoms. The highest BCUT2D eigenvalue weighted by molar-refractivity contribution is 6.11. The number of amides is 3. The van der Waals surface area contributed by atoms with Gasteiger partial charge in [-0.25, -0.2) is 4.79 Å². The van der Waals surface area contributed by atoms with Crippen molar-refractivity contribution in [3.63, 3.8) is 0 Å².